The number of phenolic OH excluding ortho intramolecular Hbond substituents is 2. The summed E-state index contributed by atoms with van der Waals surface area (Å²) < 4.78 is 43.8. The van der Waals surface area contributed by atoms with Crippen molar-refractivity contribution >= 4 is 22.8 Å². The number of halogens is 1. The maximum Gasteiger partial charge on any atom is 0.394 e. The lowest BCUT2D eigenvalue weighted by Gasteiger charge is -2.56. The van der Waals surface area contributed by atoms with E-state index in [0.717, 1.165) is 38.8 Å². The third-order valence-electron chi connectivity index (χ3n) is 12.3. The molecule has 0 amide bonds. The van der Waals surface area contributed by atoms with Crippen LogP contribution >= 0.6 is 12.4 Å². The minimum absolute atomic E-state index is 0. The SMILES string of the molecule is CN1CC[C@]23c4c5ccc(O)c4O[C@H]2[C@@H](O)C=C[C@H]3[C@H]1C5.CN1CC[C@]23c4c5ccc(O)c4O[C@H]2[C@@H](O)C=C[C@H]3[C@H]1C5.Cl.O=S(=O)(O)O. The van der Waals surface area contributed by atoms with E-state index in [-0.39, 0.29) is 46.9 Å². The van der Waals surface area contributed by atoms with Gasteiger partial charge in [-0.2, -0.15) is 8.42 Å². The van der Waals surface area contributed by atoms with Gasteiger partial charge in [0.25, 0.3) is 0 Å². The fourth-order valence-electron chi connectivity index (χ4n) is 10.5. The van der Waals surface area contributed by atoms with Crippen molar-refractivity contribution in [2.75, 3.05) is 27.2 Å². The van der Waals surface area contributed by atoms with Gasteiger partial charge in [-0.3, -0.25) is 9.11 Å². The number of likely N-dealkylation sites (tertiary alicyclic amines) is 2. The predicted molar refractivity (Wildman–Crippen MR) is 177 cm³/mol. The van der Waals surface area contributed by atoms with Crippen molar-refractivity contribution < 1.29 is 47.4 Å². The third-order valence-corrected chi connectivity index (χ3v) is 12.3. The monoisotopic (exact) mass is 704 g/mol. The lowest BCUT2D eigenvalue weighted by Crippen LogP contribution is -2.64. The maximum absolute atomic E-state index is 10.4. The van der Waals surface area contributed by atoms with Crippen LogP contribution in [0.2, 0.25) is 0 Å². The normalized spacial score (nSPS) is 38.5. The van der Waals surface area contributed by atoms with Gasteiger partial charge in [-0.05, 0) is 76.1 Å². The topological polar surface area (TPSA) is 180 Å². The first-order chi connectivity index (χ1) is 22.3. The largest absolute Gasteiger partial charge is 0.504 e. The molecular weight excluding hydrogens is 664 g/mol. The molecule has 0 aromatic heterocycles. The van der Waals surface area contributed by atoms with Crippen molar-refractivity contribution in [3.63, 3.8) is 0 Å². The minimum Gasteiger partial charge on any atom is -0.504 e. The molecule has 2 aromatic carbocycles. The summed E-state index contributed by atoms with van der Waals surface area (Å²) >= 11 is 0. The summed E-state index contributed by atoms with van der Waals surface area (Å²) in [4.78, 5) is 4.87. The van der Waals surface area contributed by atoms with Crippen LogP contribution < -0.4 is 9.47 Å². The molecular formula is C34H41ClN2O10S. The van der Waals surface area contributed by atoms with E-state index in [2.05, 4.69) is 36.0 Å². The van der Waals surface area contributed by atoms with Crippen molar-refractivity contribution in [1.29, 1.82) is 0 Å². The number of piperidine rings is 2. The summed E-state index contributed by atoms with van der Waals surface area (Å²) in [5, 5.41) is 41.3. The first-order valence-corrected chi connectivity index (χ1v) is 17.5. The third kappa shape index (κ3) is 4.59. The lowest BCUT2D eigenvalue weighted by molar-refractivity contribution is -0.0453. The highest BCUT2D eigenvalue weighted by molar-refractivity contribution is 7.79. The molecule has 6 N–H and O–H groups in total. The number of phenols is 2. The van der Waals surface area contributed by atoms with Gasteiger partial charge in [-0.15, -0.1) is 12.4 Å². The van der Waals surface area contributed by atoms with Crippen LogP contribution in [0.3, 0.4) is 0 Å². The van der Waals surface area contributed by atoms with Crippen LogP contribution in [0.1, 0.15) is 35.1 Å². The van der Waals surface area contributed by atoms with Crippen molar-refractivity contribution in [1.82, 2.24) is 9.80 Å². The van der Waals surface area contributed by atoms with Crippen LogP contribution in [-0.4, -0.2) is 111 Å². The molecule has 0 radical (unpaired) electrons. The highest BCUT2D eigenvalue weighted by Gasteiger charge is 2.65. The van der Waals surface area contributed by atoms with Gasteiger partial charge in [0.05, 0.1) is 0 Å². The van der Waals surface area contributed by atoms with Crippen LogP contribution in [0.15, 0.2) is 48.6 Å². The Balaban J connectivity index is 0.000000131. The smallest absolute Gasteiger partial charge is 0.394 e. The first kappa shape index (κ1) is 33.6. The van der Waals surface area contributed by atoms with Crippen molar-refractivity contribution in [2.24, 2.45) is 11.8 Å². The average Bonchev–Trinajstić information content (AvgIpc) is 3.56. The number of aliphatic hydroxyl groups excluding tert-OH is 2. The number of likely N-dealkylation sites (N-methyl/N-ethyl adjacent to an activating group) is 2. The van der Waals surface area contributed by atoms with Crippen LogP contribution in [-0.2, 0) is 34.1 Å². The summed E-state index contributed by atoms with van der Waals surface area (Å²) in [5.74, 6) is 2.38. The molecule has 12 nitrogen and oxygen atoms in total. The summed E-state index contributed by atoms with van der Waals surface area (Å²) in [5.41, 5.74) is 4.58. The molecule has 4 bridgehead atoms. The second-order valence-electron chi connectivity index (χ2n) is 14.3. The van der Waals surface area contributed by atoms with Crippen LogP contribution in [0, 0.1) is 11.8 Å². The molecule has 2 fully saturated rings. The van der Waals surface area contributed by atoms with E-state index >= 15 is 0 Å². The molecule has 0 saturated carbocycles. The second-order valence-corrected chi connectivity index (χ2v) is 15.2. The van der Waals surface area contributed by atoms with E-state index in [1.165, 1.54) is 22.3 Å². The molecule has 8 aliphatic rings. The Morgan fingerprint density at radius 3 is 1.46 bits per heavy atom. The number of aliphatic hydroxyl groups is 2. The van der Waals surface area contributed by atoms with Gasteiger partial charge >= 0.3 is 10.4 Å². The summed E-state index contributed by atoms with van der Waals surface area (Å²) in [6.45, 7) is 2.02. The van der Waals surface area contributed by atoms with Gasteiger partial charge < -0.3 is 39.7 Å². The van der Waals surface area contributed by atoms with Crippen molar-refractivity contribution in [3.8, 4) is 23.0 Å². The quantitative estimate of drug-likeness (QED) is 0.174. The Morgan fingerprint density at radius 2 is 1.08 bits per heavy atom. The fraction of sp³-hybridized carbons (Fsp3) is 0.529. The zero-order valence-corrected chi connectivity index (χ0v) is 28.1. The molecule has 10 atom stereocenters. The van der Waals surface area contributed by atoms with E-state index < -0.39 is 22.6 Å². The van der Waals surface area contributed by atoms with Crippen LogP contribution in [0.5, 0.6) is 23.0 Å². The zero-order valence-electron chi connectivity index (χ0n) is 26.5. The summed E-state index contributed by atoms with van der Waals surface area (Å²) in [6, 6.07) is 8.45. The fourth-order valence-corrected chi connectivity index (χ4v) is 10.5. The zero-order chi connectivity index (χ0) is 33.2. The van der Waals surface area contributed by atoms with Crippen LogP contribution in [0.25, 0.3) is 0 Å². The Hall–Kier alpha value is -2.88. The second kappa shape index (κ2) is 11.3. The minimum atomic E-state index is -4.67. The number of nitrogens with zero attached hydrogens (tertiary/aromatic N) is 2. The van der Waals surface area contributed by atoms with Gasteiger partial charge in [-0.25, -0.2) is 0 Å². The number of aromatic hydroxyl groups is 2. The Labute approximate surface area is 285 Å². The Bertz CT molecular complexity index is 1700. The highest BCUT2D eigenvalue weighted by atomic mass is 35.5. The van der Waals surface area contributed by atoms with Crippen LogP contribution in [0.4, 0.5) is 0 Å². The molecule has 48 heavy (non-hydrogen) atoms. The molecule has 2 aromatic rings. The summed E-state index contributed by atoms with van der Waals surface area (Å²) in [6.07, 6.45) is 10.4. The van der Waals surface area contributed by atoms with E-state index in [1.54, 1.807) is 12.1 Å². The molecule has 4 aliphatic carbocycles. The van der Waals surface area contributed by atoms with E-state index in [1.807, 2.05) is 24.3 Å². The molecule has 4 heterocycles. The van der Waals surface area contributed by atoms with E-state index in [0.29, 0.717) is 35.4 Å². The molecule has 10 rings (SSSR count). The number of ether oxygens (including phenoxy) is 2. The molecule has 2 saturated heterocycles. The number of hydrogen-bond donors (Lipinski definition) is 6. The van der Waals surface area contributed by atoms with Crippen molar-refractivity contribution in [2.45, 2.75) is 73.0 Å². The average molecular weight is 705 g/mol. The van der Waals surface area contributed by atoms with Crippen molar-refractivity contribution in [3.05, 3.63) is 70.8 Å². The van der Waals surface area contributed by atoms with Gasteiger partial charge in [0.2, 0.25) is 0 Å². The number of hydrogen-bond acceptors (Lipinski definition) is 10. The summed E-state index contributed by atoms with van der Waals surface area (Å²) in [7, 11) is -0.291. The number of rotatable bonds is 0. The molecule has 2 spiro atoms. The molecule has 260 valence electrons. The maximum atomic E-state index is 10.4. The van der Waals surface area contributed by atoms with E-state index in [4.69, 9.17) is 27.0 Å². The lowest BCUT2D eigenvalue weighted by atomic mass is 9.53. The van der Waals surface area contributed by atoms with Gasteiger partial charge in [0.15, 0.2) is 23.0 Å². The molecule has 0 unspecified atom stereocenters. The Morgan fingerprint density at radius 1 is 0.708 bits per heavy atom. The highest BCUT2D eigenvalue weighted by Crippen LogP contribution is 2.63. The standard InChI is InChI=1S/2C17H19NO3.ClH.H2O4S/c2*1-18-7-6-17-10-3-5-13(20)16(17)21-15-12(19)4-2-9(14(15)17)8-11(10)18;;1-5(2,3)4/h2*2-5,10-11,13,16,19-20H,6-8H2,1H3;1H;(H2,1,2,3,4)/t2*10-,11+,13-,16-,17-;;/m00../s1. The van der Waals surface area contributed by atoms with Gasteiger partial charge in [0, 0.05) is 45.9 Å². The molecule has 4 aliphatic heterocycles. The first-order valence-electron chi connectivity index (χ1n) is 16.1. The van der Waals surface area contributed by atoms with Gasteiger partial charge in [-0.1, -0.05) is 36.4 Å². The Kier molecular flexibility index (Phi) is 7.93. The number of benzene rings is 2. The molecule has 14 heteroatoms. The predicted octanol–water partition coefficient (Wildman–Crippen LogP) is 2.17. The van der Waals surface area contributed by atoms with E-state index in [9.17, 15) is 20.4 Å². The van der Waals surface area contributed by atoms with Gasteiger partial charge in [0.1, 0.15) is 24.4 Å².